The summed E-state index contributed by atoms with van der Waals surface area (Å²) in [6, 6.07) is 26.4. The molecule has 5 rings (SSSR count). The highest BCUT2D eigenvalue weighted by atomic mass is 16.5. The average Bonchev–Trinajstić information content (AvgIpc) is 3.01. The van der Waals surface area contributed by atoms with E-state index in [0.29, 0.717) is 25.2 Å². The molecule has 1 aliphatic rings. The summed E-state index contributed by atoms with van der Waals surface area (Å²) in [5.74, 6) is 4.67. The molecular formula is C37H45N3O2. The number of anilines is 1. The lowest BCUT2D eigenvalue weighted by Gasteiger charge is -2.28. The van der Waals surface area contributed by atoms with Crippen LogP contribution in [0.5, 0.6) is 5.75 Å². The van der Waals surface area contributed by atoms with Crippen molar-refractivity contribution in [1.82, 2.24) is 9.97 Å². The van der Waals surface area contributed by atoms with E-state index in [9.17, 15) is 4.79 Å². The molecule has 1 aromatic heterocycles. The van der Waals surface area contributed by atoms with Gasteiger partial charge in [-0.1, -0.05) is 99.2 Å². The number of fused-ring (bicyclic) bond motifs is 1. The molecule has 0 aliphatic heterocycles. The molecule has 1 heterocycles. The van der Waals surface area contributed by atoms with Crippen LogP contribution in [0.2, 0.25) is 0 Å². The van der Waals surface area contributed by atoms with Crippen molar-refractivity contribution in [3.63, 3.8) is 0 Å². The fraction of sp³-hybridized carbons (Fsp3) is 0.432. The van der Waals surface area contributed by atoms with Gasteiger partial charge >= 0.3 is 0 Å². The van der Waals surface area contributed by atoms with Gasteiger partial charge in [0.1, 0.15) is 29.8 Å². The molecule has 0 spiro atoms. The molecule has 0 radical (unpaired) electrons. The number of carbonyl (C=O) groups excluding carboxylic acids is 1. The van der Waals surface area contributed by atoms with Crippen LogP contribution in [0.25, 0.3) is 10.9 Å². The van der Waals surface area contributed by atoms with Crippen molar-refractivity contribution in [2.75, 3.05) is 19.0 Å². The lowest BCUT2D eigenvalue weighted by Crippen LogP contribution is -2.16. The third-order valence-corrected chi connectivity index (χ3v) is 8.70. The zero-order valence-electron chi connectivity index (χ0n) is 25.3. The van der Waals surface area contributed by atoms with Gasteiger partial charge in [-0.3, -0.25) is 4.79 Å². The lowest BCUT2D eigenvalue weighted by molar-refractivity contribution is -0.118. The molecule has 1 aliphatic carbocycles. The summed E-state index contributed by atoms with van der Waals surface area (Å²) in [6.45, 7) is 0.517. The summed E-state index contributed by atoms with van der Waals surface area (Å²) in [7, 11) is 4.10. The van der Waals surface area contributed by atoms with E-state index in [1.54, 1.807) is 0 Å². The zero-order valence-corrected chi connectivity index (χ0v) is 25.3. The molecule has 0 amide bonds. The third-order valence-electron chi connectivity index (χ3n) is 8.70. The Morgan fingerprint density at radius 3 is 2.24 bits per heavy atom. The highest BCUT2D eigenvalue weighted by molar-refractivity contribution is 5.89. The number of aryl methyl sites for hydroxylation is 1. The predicted molar refractivity (Wildman–Crippen MR) is 172 cm³/mol. The number of ether oxygens (including phenoxy) is 1. The second-order valence-corrected chi connectivity index (χ2v) is 12.1. The van der Waals surface area contributed by atoms with Gasteiger partial charge in [0.15, 0.2) is 0 Å². The molecule has 4 aromatic rings. The van der Waals surface area contributed by atoms with Crippen molar-refractivity contribution in [1.29, 1.82) is 0 Å². The number of hydrogen-bond donors (Lipinski definition) is 0. The molecule has 0 bridgehead atoms. The van der Waals surface area contributed by atoms with Gasteiger partial charge in [0.05, 0.1) is 5.52 Å². The Bertz CT molecular complexity index is 1430. The van der Waals surface area contributed by atoms with Crippen LogP contribution >= 0.6 is 0 Å². The monoisotopic (exact) mass is 563 g/mol. The smallest absolute Gasteiger partial charge is 0.139 e. The van der Waals surface area contributed by atoms with Gasteiger partial charge in [0, 0.05) is 44.3 Å². The predicted octanol–water partition coefficient (Wildman–Crippen LogP) is 8.39. The van der Waals surface area contributed by atoms with Crippen molar-refractivity contribution < 1.29 is 9.53 Å². The molecule has 42 heavy (non-hydrogen) atoms. The minimum absolute atomic E-state index is 0.313. The van der Waals surface area contributed by atoms with Crippen LogP contribution < -0.4 is 9.64 Å². The van der Waals surface area contributed by atoms with Gasteiger partial charge in [-0.25, -0.2) is 9.97 Å². The van der Waals surface area contributed by atoms with Gasteiger partial charge in [0.2, 0.25) is 0 Å². The Balaban J connectivity index is 0.994. The fourth-order valence-electron chi connectivity index (χ4n) is 6.33. The number of benzene rings is 3. The average molecular weight is 564 g/mol. The van der Waals surface area contributed by atoms with Gasteiger partial charge in [0.25, 0.3) is 0 Å². The summed E-state index contributed by atoms with van der Waals surface area (Å²) < 4.78 is 6.06. The van der Waals surface area contributed by atoms with Crippen LogP contribution in [0.1, 0.15) is 74.7 Å². The van der Waals surface area contributed by atoms with Gasteiger partial charge in [-0.15, -0.1) is 0 Å². The van der Waals surface area contributed by atoms with E-state index in [4.69, 9.17) is 14.7 Å². The third kappa shape index (κ3) is 8.40. The maximum absolute atomic E-state index is 12.8. The minimum Gasteiger partial charge on any atom is -0.489 e. The Hall–Kier alpha value is -3.73. The van der Waals surface area contributed by atoms with Crippen LogP contribution in [0.4, 0.5) is 5.82 Å². The normalized spacial score (nSPS) is 16.8. The molecule has 0 saturated heterocycles. The first kappa shape index (κ1) is 29.8. The molecule has 0 atom stereocenters. The standard InChI is InChI=1S/C37H45N3O2/c1-40(2)37-33-18-7-8-19-34(33)38-36(39-37)21-11-15-29-24-22-28(23-25-29)14-10-17-32(41)26-31-16-6-9-20-35(31)42-27-30-12-4-3-5-13-30/h3-9,12-13,16,18-20,28-29H,10-11,14-15,17,21-27H2,1-2H3. The summed E-state index contributed by atoms with van der Waals surface area (Å²) in [5, 5.41) is 1.11. The van der Waals surface area contributed by atoms with E-state index in [0.717, 1.165) is 70.5 Å². The Kier molecular flexibility index (Phi) is 10.6. The van der Waals surface area contributed by atoms with Crippen molar-refractivity contribution in [3.8, 4) is 5.75 Å². The quantitative estimate of drug-likeness (QED) is 0.154. The molecule has 5 heteroatoms. The molecule has 3 aromatic carbocycles. The largest absolute Gasteiger partial charge is 0.489 e. The summed E-state index contributed by atoms with van der Waals surface area (Å²) >= 11 is 0. The first-order valence-electron chi connectivity index (χ1n) is 15.7. The van der Waals surface area contributed by atoms with E-state index < -0.39 is 0 Å². The molecule has 0 N–H and O–H groups in total. The molecule has 1 fully saturated rings. The first-order chi connectivity index (χ1) is 20.5. The second-order valence-electron chi connectivity index (χ2n) is 12.1. The summed E-state index contributed by atoms with van der Waals surface area (Å²) in [4.78, 5) is 24.6. The lowest BCUT2D eigenvalue weighted by atomic mass is 9.78. The SMILES string of the molecule is CN(C)c1nc(CCCC2CCC(CCCC(=O)Cc3ccccc3OCc3ccccc3)CC2)nc2ccccc12. The van der Waals surface area contributed by atoms with Crippen molar-refractivity contribution in [3.05, 3.63) is 95.8 Å². The van der Waals surface area contributed by atoms with E-state index >= 15 is 0 Å². The number of hydrogen-bond acceptors (Lipinski definition) is 5. The molecule has 5 nitrogen and oxygen atoms in total. The van der Waals surface area contributed by atoms with Crippen molar-refractivity contribution >= 4 is 22.5 Å². The Morgan fingerprint density at radius 2 is 1.48 bits per heavy atom. The fourth-order valence-corrected chi connectivity index (χ4v) is 6.33. The zero-order chi connectivity index (χ0) is 29.1. The Morgan fingerprint density at radius 1 is 0.810 bits per heavy atom. The highest BCUT2D eigenvalue weighted by Gasteiger charge is 2.21. The van der Waals surface area contributed by atoms with Crippen molar-refractivity contribution in [2.45, 2.75) is 77.2 Å². The van der Waals surface area contributed by atoms with Crippen LogP contribution in [0.15, 0.2) is 78.9 Å². The van der Waals surface area contributed by atoms with Crippen molar-refractivity contribution in [2.24, 2.45) is 11.8 Å². The van der Waals surface area contributed by atoms with E-state index in [2.05, 4.69) is 55.4 Å². The number of para-hydroxylation sites is 2. The number of ketones is 1. The molecular weight excluding hydrogens is 518 g/mol. The maximum atomic E-state index is 12.8. The van der Waals surface area contributed by atoms with E-state index in [-0.39, 0.29) is 0 Å². The maximum Gasteiger partial charge on any atom is 0.139 e. The van der Waals surface area contributed by atoms with E-state index in [1.165, 1.54) is 38.5 Å². The van der Waals surface area contributed by atoms with E-state index in [1.807, 2.05) is 42.5 Å². The van der Waals surface area contributed by atoms with Gasteiger partial charge < -0.3 is 9.64 Å². The number of nitrogens with zero attached hydrogens (tertiary/aromatic N) is 3. The molecule has 0 unspecified atom stereocenters. The molecule has 220 valence electrons. The Labute approximate surface area is 251 Å². The van der Waals surface area contributed by atoms with Crippen LogP contribution in [0.3, 0.4) is 0 Å². The van der Waals surface area contributed by atoms with Crippen LogP contribution in [-0.2, 0) is 24.2 Å². The topological polar surface area (TPSA) is 55.3 Å². The number of aromatic nitrogens is 2. The number of rotatable bonds is 14. The van der Waals surface area contributed by atoms with Crippen LogP contribution in [-0.4, -0.2) is 29.8 Å². The molecule has 1 saturated carbocycles. The van der Waals surface area contributed by atoms with Gasteiger partial charge in [-0.2, -0.15) is 0 Å². The summed E-state index contributed by atoms with van der Waals surface area (Å²) in [5.41, 5.74) is 3.16. The second kappa shape index (κ2) is 14.9. The minimum atomic E-state index is 0.313. The first-order valence-corrected chi connectivity index (χ1v) is 15.7. The van der Waals surface area contributed by atoms with Crippen LogP contribution in [0, 0.1) is 11.8 Å². The summed E-state index contributed by atoms with van der Waals surface area (Å²) in [6.07, 6.45) is 11.8. The van der Waals surface area contributed by atoms with Gasteiger partial charge in [-0.05, 0) is 48.4 Å². The number of Topliss-reactive ketones (excluding diaryl/α,β-unsaturated/α-hetero) is 1. The number of carbonyl (C=O) groups is 1. The highest BCUT2D eigenvalue weighted by Crippen LogP contribution is 2.34.